The van der Waals surface area contributed by atoms with Crippen LogP contribution in [0.15, 0.2) is 29.2 Å². The molecule has 0 N–H and O–H groups in total. The van der Waals surface area contributed by atoms with Crippen LogP contribution in [-0.2, 0) is 28.5 Å². The van der Waals surface area contributed by atoms with E-state index in [9.17, 15) is 8.42 Å². The first-order valence-electron chi connectivity index (χ1n) is 7.20. The number of aryl methyl sites for hydroxylation is 1. The lowest BCUT2D eigenvalue weighted by Gasteiger charge is -2.16. The molecule has 2 fully saturated rings. The predicted octanol–water partition coefficient (Wildman–Crippen LogP) is 1.62. The molecule has 0 aromatic heterocycles. The number of rotatable bonds is 5. The van der Waals surface area contributed by atoms with E-state index >= 15 is 0 Å². The Morgan fingerprint density at radius 2 is 1.95 bits per heavy atom. The molecule has 22 heavy (non-hydrogen) atoms. The van der Waals surface area contributed by atoms with Crippen LogP contribution in [0.1, 0.15) is 19.4 Å². The Morgan fingerprint density at radius 3 is 2.55 bits per heavy atom. The SMILES string of the molecule is Cc1ccc(S(=O)(=O)OC[C@H]2O[C@@H]2[C@H]2COC(C)(C)O2)cc1. The van der Waals surface area contributed by atoms with Gasteiger partial charge in [0.25, 0.3) is 10.1 Å². The smallest absolute Gasteiger partial charge is 0.297 e. The molecular formula is C15H20O6S. The first kappa shape index (κ1) is 15.9. The van der Waals surface area contributed by atoms with Gasteiger partial charge in [0.2, 0.25) is 0 Å². The van der Waals surface area contributed by atoms with E-state index in [0.29, 0.717) is 6.61 Å². The third-order valence-electron chi connectivity index (χ3n) is 3.72. The van der Waals surface area contributed by atoms with Crippen LogP contribution in [0.3, 0.4) is 0 Å². The van der Waals surface area contributed by atoms with Gasteiger partial charge in [-0.15, -0.1) is 0 Å². The second-order valence-electron chi connectivity index (χ2n) is 6.06. The van der Waals surface area contributed by atoms with Crippen LogP contribution in [0.25, 0.3) is 0 Å². The van der Waals surface area contributed by atoms with Crippen molar-refractivity contribution < 1.29 is 26.8 Å². The maximum absolute atomic E-state index is 12.1. The van der Waals surface area contributed by atoms with E-state index < -0.39 is 15.9 Å². The fraction of sp³-hybridized carbons (Fsp3) is 0.600. The van der Waals surface area contributed by atoms with Crippen LogP contribution >= 0.6 is 0 Å². The van der Waals surface area contributed by atoms with E-state index in [4.69, 9.17) is 18.4 Å². The number of epoxide rings is 1. The molecule has 2 saturated heterocycles. The summed E-state index contributed by atoms with van der Waals surface area (Å²) in [6, 6.07) is 6.54. The molecule has 7 heteroatoms. The van der Waals surface area contributed by atoms with Gasteiger partial charge in [0.05, 0.1) is 18.1 Å². The van der Waals surface area contributed by atoms with E-state index in [1.807, 2.05) is 20.8 Å². The molecule has 2 aliphatic rings. The Kier molecular flexibility index (Phi) is 4.03. The first-order chi connectivity index (χ1) is 10.3. The molecule has 6 nitrogen and oxygen atoms in total. The molecule has 0 radical (unpaired) electrons. The Balaban J connectivity index is 1.52. The summed E-state index contributed by atoms with van der Waals surface area (Å²) in [7, 11) is -3.75. The van der Waals surface area contributed by atoms with E-state index in [-0.39, 0.29) is 29.8 Å². The molecule has 0 unspecified atom stereocenters. The summed E-state index contributed by atoms with van der Waals surface area (Å²) < 4.78 is 45.8. The first-order valence-corrected chi connectivity index (χ1v) is 8.61. The lowest BCUT2D eigenvalue weighted by molar-refractivity contribution is -0.140. The largest absolute Gasteiger partial charge is 0.364 e. The van der Waals surface area contributed by atoms with Gasteiger partial charge in [-0.05, 0) is 32.9 Å². The fourth-order valence-corrected chi connectivity index (χ4v) is 3.34. The van der Waals surface area contributed by atoms with Gasteiger partial charge in [-0.1, -0.05) is 17.7 Å². The van der Waals surface area contributed by atoms with Crippen molar-refractivity contribution in [3.05, 3.63) is 29.8 Å². The molecule has 2 aliphatic heterocycles. The lowest BCUT2D eigenvalue weighted by Crippen LogP contribution is -2.26. The second kappa shape index (κ2) is 5.58. The quantitative estimate of drug-likeness (QED) is 0.604. The minimum absolute atomic E-state index is 0.0127. The molecule has 0 aliphatic carbocycles. The fourth-order valence-electron chi connectivity index (χ4n) is 2.42. The summed E-state index contributed by atoms with van der Waals surface area (Å²) in [4.78, 5) is 0.150. The van der Waals surface area contributed by atoms with Gasteiger partial charge < -0.3 is 14.2 Å². The Bertz CT molecular complexity index is 637. The maximum Gasteiger partial charge on any atom is 0.297 e. The average Bonchev–Trinajstić information content (AvgIpc) is 3.13. The van der Waals surface area contributed by atoms with Crippen molar-refractivity contribution in [2.24, 2.45) is 0 Å². The molecule has 122 valence electrons. The third-order valence-corrected chi connectivity index (χ3v) is 5.01. The number of hydrogen-bond donors (Lipinski definition) is 0. The highest BCUT2D eigenvalue weighted by Gasteiger charge is 2.51. The van der Waals surface area contributed by atoms with E-state index in [1.165, 1.54) is 12.1 Å². The standard InChI is InChI=1S/C15H20O6S/c1-10-4-6-11(7-5-10)22(16,17)19-9-12-14(20-12)13-8-18-15(2,3)21-13/h4-7,12-14H,8-9H2,1-3H3/t12-,13-,14+/m1/s1. The molecule has 0 amide bonds. The molecule has 3 rings (SSSR count). The molecule has 0 spiro atoms. The second-order valence-corrected chi connectivity index (χ2v) is 7.67. The van der Waals surface area contributed by atoms with Crippen LogP contribution in [0.2, 0.25) is 0 Å². The van der Waals surface area contributed by atoms with Crippen molar-refractivity contribution >= 4 is 10.1 Å². The molecule has 1 aromatic rings. The van der Waals surface area contributed by atoms with Crippen molar-refractivity contribution in [1.82, 2.24) is 0 Å². The highest BCUT2D eigenvalue weighted by Crippen LogP contribution is 2.35. The van der Waals surface area contributed by atoms with Crippen LogP contribution in [-0.4, -0.2) is 45.7 Å². The van der Waals surface area contributed by atoms with Crippen molar-refractivity contribution in [3.8, 4) is 0 Å². The zero-order valence-corrected chi connectivity index (χ0v) is 13.6. The van der Waals surface area contributed by atoms with E-state index in [0.717, 1.165) is 5.56 Å². The number of hydrogen-bond acceptors (Lipinski definition) is 6. The Morgan fingerprint density at radius 1 is 1.27 bits per heavy atom. The molecule has 3 atom stereocenters. The average molecular weight is 328 g/mol. The zero-order chi connectivity index (χ0) is 16.0. The van der Waals surface area contributed by atoms with Gasteiger partial charge >= 0.3 is 0 Å². The summed E-state index contributed by atoms with van der Waals surface area (Å²) in [5.74, 6) is -0.615. The van der Waals surface area contributed by atoms with E-state index in [2.05, 4.69) is 0 Å². The molecule has 0 saturated carbocycles. The van der Waals surface area contributed by atoms with Crippen LogP contribution in [0.4, 0.5) is 0 Å². The van der Waals surface area contributed by atoms with Gasteiger partial charge in [-0.25, -0.2) is 0 Å². The molecule has 2 heterocycles. The lowest BCUT2D eigenvalue weighted by atomic mass is 10.2. The van der Waals surface area contributed by atoms with Crippen molar-refractivity contribution in [2.45, 2.75) is 49.8 Å². The zero-order valence-electron chi connectivity index (χ0n) is 12.8. The van der Waals surface area contributed by atoms with Crippen LogP contribution in [0.5, 0.6) is 0 Å². The maximum atomic E-state index is 12.1. The highest BCUT2D eigenvalue weighted by molar-refractivity contribution is 7.86. The monoisotopic (exact) mass is 328 g/mol. The van der Waals surface area contributed by atoms with Gasteiger partial charge in [0, 0.05) is 0 Å². The summed E-state index contributed by atoms with van der Waals surface area (Å²) in [5.41, 5.74) is 0.991. The van der Waals surface area contributed by atoms with E-state index in [1.54, 1.807) is 12.1 Å². The summed E-state index contributed by atoms with van der Waals surface area (Å²) in [6.07, 6.45) is -0.622. The van der Waals surface area contributed by atoms with Gasteiger partial charge in [0.1, 0.15) is 18.3 Å². The Labute approximate surface area is 130 Å². The number of benzene rings is 1. The summed E-state index contributed by atoms with van der Waals surface area (Å²) in [5, 5.41) is 0. The predicted molar refractivity (Wildman–Crippen MR) is 77.9 cm³/mol. The molecule has 1 aromatic carbocycles. The minimum atomic E-state index is -3.75. The molecule has 0 bridgehead atoms. The van der Waals surface area contributed by atoms with Crippen LogP contribution < -0.4 is 0 Å². The van der Waals surface area contributed by atoms with Gasteiger partial charge in [-0.3, -0.25) is 4.18 Å². The highest BCUT2D eigenvalue weighted by atomic mass is 32.2. The van der Waals surface area contributed by atoms with Crippen molar-refractivity contribution in [1.29, 1.82) is 0 Å². The Hall–Kier alpha value is -0.990. The number of ether oxygens (including phenoxy) is 3. The van der Waals surface area contributed by atoms with Crippen molar-refractivity contribution in [3.63, 3.8) is 0 Å². The topological polar surface area (TPSA) is 74.4 Å². The third kappa shape index (κ3) is 3.49. The van der Waals surface area contributed by atoms with Gasteiger partial charge in [-0.2, -0.15) is 8.42 Å². The summed E-state index contributed by atoms with van der Waals surface area (Å²) >= 11 is 0. The minimum Gasteiger partial charge on any atom is -0.364 e. The summed E-state index contributed by atoms with van der Waals surface area (Å²) in [6.45, 7) is 6.00. The van der Waals surface area contributed by atoms with Gasteiger partial charge in [0.15, 0.2) is 5.79 Å². The van der Waals surface area contributed by atoms with Crippen molar-refractivity contribution in [2.75, 3.05) is 13.2 Å². The molecular weight excluding hydrogens is 308 g/mol. The normalized spacial score (nSPS) is 30.4. The van der Waals surface area contributed by atoms with Crippen LogP contribution in [0, 0.1) is 6.92 Å².